The van der Waals surface area contributed by atoms with E-state index in [1.807, 2.05) is 6.07 Å². The summed E-state index contributed by atoms with van der Waals surface area (Å²) in [5.41, 5.74) is 2.29. The topological polar surface area (TPSA) is 108 Å². The number of ether oxygens (including phenoxy) is 3. The molecule has 140 valence electrons. The molecule has 3 rings (SSSR count). The molecule has 1 aromatic carbocycles. The van der Waals surface area contributed by atoms with E-state index in [2.05, 4.69) is 26.3 Å². The monoisotopic (exact) mass is 387 g/mol. The summed E-state index contributed by atoms with van der Waals surface area (Å²) in [6, 6.07) is 5.64. The van der Waals surface area contributed by atoms with E-state index in [1.165, 1.54) is 14.2 Å². The number of H-pyrrole nitrogens is 2. The first-order valence-electron chi connectivity index (χ1n) is 7.97. The van der Waals surface area contributed by atoms with Gasteiger partial charge in [-0.25, -0.2) is 4.98 Å². The Hall–Kier alpha value is -3.31. The Kier molecular flexibility index (Phi) is 5.43. The summed E-state index contributed by atoms with van der Waals surface area (Å²) in [5, 5.41) is 12.8. The van der Waals surface area contributed by atoms with Gasteiger partial charge in [0.15, 0.2) is 17.4 Å². The Bertz CT molecular complexity index is 976. The van der Waals surface area contributed by atoms with Crippen LogP contribution in [0.5, 0.6) is 17.2 Å². The molecule has 0 saturated heterocycles. The fraction of sp³-hybridized carbons (Fsp3) is 0.222. The van der Waals surface area contributed by atoms with Crippen molar-refractivity contribution in [2.24, 2.45) is 0 Å². The summed E-state index contributed by atoms with van der Waals surface area (Å²) in [4.78, 5) is 10.1. The van der Waals surface area contributed by atoms with Crippen LogP contribution in [0.3, 0.4) is 0 Å². The smallest absolute Gasteiger partial charge is 0.203 e. The van der Waals surface area contributed by atoms with Gasteiger partial charge in [-0.1, -0.05) is 11.6 Å². The third-order valence-electron chi connectivity index (χ3n) is 4.03. The van der Waals surface area contributed by atoms with Crippen molar-refractivity contribution in [2.75, 3.05) is 26.6 Å². The van der Waals surface area contributed by atoms with E-state index in [0.717, 1.165) is 0 Å². The van der Waals surface area contributed by atoms with Gasteiger partial charge >= 0.3 is 0 Å². The van der Waals surface area contributed by atoms with Gasteiger partial charge in [-0.15, -0.1) is 0 Å². The third-order valence-corrected chi connectivity index (χ3v) is 4.41. The van der Waals surface area contributed by atoms with Gasteiger partial charge in [0.2, 0.25) is 5.75 Å². The molecule has 3 N–H and O–H groups in total. The molecule has 0 bridgehead atoms. The Morgan fingerprint density at radius 2 is 1.96 bits per heavy atom. The van der Waals surface area contributed by atoms with Gasteiger partial charge in [0.25, 0.3) is 0 Å². The van der Waals surface area contributed by atoms with Gasteiger partial charge < -0.3 is 29.5 Å². The average Bonchev–Trinajstić information content (AvgIpc) is 3.32. The lowest BCUT2D eigenvalue weighted by Gasteiger charge is -2.16. The number of imidazole rings is 1. The van der Waals surface area contributed by atoms with Crippen LogP contribution in [0.1, 0.15) is 11.4 Å². The number of methoxy groups -OCH3 is 3. The number of rotatable bonds is 7. The van der Waals surface area contributed by atoms with E-state index in [-0.39, 0.29) is 5.69 Å². The van der Waals surface area contributed by atoms with Crippen molar-refractivity contribution in [1.29, 1.82) is 5.26 Å². The van der Waals surface area contributed by atoms with Crippen LogP contribution in [0.2, 0.25) is 5.02 Å². The van der Waals surface area contributed by atoms with Crippen LogP contribution in [0.15, 0.2) is 24.5 Å². The minimum absolute atomic E-state index is 0.264. The second kappa shape index (κ2) is 7.93. The van der Waals surface area contributed by atoms with Crippen molar-refractivity contribution < 1.29 is 14.2 Å². The SMILES string of the molecule is COc1ccc(-c2c(CNc3ncc[nH]3)[nH]c(C#N)c2Cl)c(OC)c1OC. The molecule has 3 aromatic rings. The normalized spacial score (nSPS) is 10.3. The number of nitriles is 1. The van der Waals surface area contributed by atoms with E-state index < -0.39 is 0 Å². The zero-order valence-corrected chi connectivity index (χ0v) is 15.8. The maximum Gasteiger partial charge on any atom is 0.203 e. The second-order valence-electron chi connectivity index (χ2n) is 5.45. The van der Waals surface area contributed by atoms with Crippen molar-refractivity contribution in [2.45, 2.75) is 6.54 Å². The van der Waals surface area contributed by atoms with Gasteiger partial charge in [-0.2, -0.15) is 5.26 Å². The predicted octanol–water partition coefficient (Wildman–Crippen LogP) is 3.57. The van der Waals surface area contributed by atoms with E-state index in [9.17, 15) is 5.26 Å². The number of hydrogen-bond acceptors (Lipinski definition) is 6. The Morgan fingerprint density at radius 3 is 2.56 bits per heavy atom. The molecule has 0 spiro atoms. The van der Waals surface area contributed by atoms with Gasteiger partial charge in [-0.05, 0) is 12.1 Å². The maximum atomic E-state index is 9.38. The summed E-state index contributed by atoms with van der Waals surface area (Å²) < 4.78 is 16.4. The quantitative estimate of drug-likeness (QED) is 0.572. The number of aromatic nitrogens is 3. The van der Waals surface area contributed by atoms with Crippen LogP contribution in [0, 0.1) is 11.3 Å². The van der Waals surface area contributed by atoms with E-state index in [0.29, 0.717) is 51.6 Å². The van der Waals surface area contributed by atoms with E-state index in [4.69, 9.17) is 25.8 Å². The van der Waals surface area contributed by atoms with Crippen molar-refractivity contribution in [3.63, 3.8) is 0 Å². The molecule has 9 heteroatoms. The van der Waals surface area contributed by atoms with Crippen LogP contribution in [-0.4, -0.2) is 36.3 Å². The zero-order valence-electron chi connectivity index (χ0n) is 15.0. The molecule has 0 aliphatic carbocycles. The number of halogens is 1. The standard InChI is InChI=1S/C18H18ClN5O3/c1-25-13-5-4-10(16(26-2)17(13)27-3)14-12(24-11(8-20)15(14)19)9-23-18-21-6-7-22-18/h4-7,24H,9H2,1-3H3,(H2,21,22,23). The number of nitrogens with one attached hydrogen (secondary N) is 3. The molecule has 0 amide bonds. The molecular formula is C18H18ClN5O3. The number of hydrogen-bond donors (Lipinski definition) is 3. The molecule has 0 fully saturated rings. The first-order valence-corrected chi connectivity index (χ1v) is 8.35. The molecule has 0 aliphatic heterocycles. The van der Waals surface area contributed by atoms with Gasteiger partial charge in [-0.3, -0.25) is 0 Å². The first-order chi connectivity index (χ1) is 13.1. The van der Waals surface area contributed by atoms with Gasteiger partial charge in [0.1, 0.15) is 11.8 Å². The molecule has 0 radical (unpaired) electrons. The number of benzene rings is 1. The number of nitrogens with zero attached hydrogens (tertiary/aromatic N) is 2. The molecule has 0 unspecified atom stereocenters. The maximum absolute atomic E-state index is 9.38. The minimum Gasteiger partial charge on any atom is -0.493 e. The molecule has 27 heavy (non-hydrogen) atoms. The number of anilines is 1. The Morgan fingerprint density at radius 1 is 1.19 bits per heavy atom. The molecule has 2 aromatic heterocycles. The summed E-state index contributed by atoms with van der Waals surface area (Å²) in [6.45, 7) is 0.363. The number of aromatic amines is 2. The largest absolute Gasteiger partial charge is 0.493 e. The summed E-state index contributed by atoms with van der Waals surface area (Å²) >= 11 is 6.49. The van der Waals surface area contributed by atoms with Crippen LogP contribution in [0.25, 0.3) is 11.1 Å². The highest BCUT2D eigenvalue weighted by Gasteiger charge is 2.24. The Balaban J connectivity index is 2.13. The summed E-state index contributed by atoms with van der Waals surface area (Å²) in [5.74, 6) is 2.03. The summed E-state index contributed by atoms with van der Waals surface area (Å²) in [6.07, 6.45) is 3.35. The Labute approximate surface area is 161 Å². The van der Waals surface area contributed by atoms with Crippen molar-refractivity contribution in [1.82, 2.24) is 15.0 Å². The van der Waals surface area contributed by atoms with Crippen LogP contribution in [-0.2, 0) is 6.54 Å². The lowest BCUT2D eigenvalue weighted by molar-refractivity contribution is 0.325. The van der Waals surface area contributed by atoms with Crippen LogP contribution < -0.4 is 19.5 Å². The zero-order chi connectivity index (χ0) is 19.4. The fourth-order valence-electron chi connectivity index (χ4n) is 2.85. The minimum atomic E-state index is 0.264. The molecule has 0 aliphatic rings. The lowest BCUT2D eigenvalue weighted by Crippen LogP contribution is -2.03. The first kappa shape index (κ1) is 18.5. The van der Waals surface area contributed by atoms with Gasteiger partial charge in [0, 0.05) is 29.2 Å². The van der Waals surface area contributed by atoms with E-state index >= 15 is 0 Å². The third kappa shape index (κ3) is 3.37. The fourth-order valence-corrected chi connectivity index (χ4v) is 3.15. The molecular weight excluding hydrogens is 370 g/mol. The van der Waals surface area contributed by atoms with Crippen LogP contribution in [0.4, 0.5) is 5.95 Å². The highest BCUT2D eigenvalue weighted by atomic mass is 35.5. The van der Waals surface area contributed by atoms with Gasteiger partial charge in [0.05, 0.1) is 32.9 Å². The van der Waals surface area contributed by atoms with Crippen LogP contribution >= 0.6 is 11.6 Å². The highest BCUT2D eigenvalue weighted by molar-refractivity contribution is 6.34. The molecule has 8 nitrogen and oxygen atoms in total. The molecule has 0 atom stereocenters. The van der Waals surface area contributed by atoms with Crippen molar-refractivity contribution >= 4 is 17.5 Å². The lowest BCUT2D eigenvalue weighted by atomic mass is 10.0. The van der Waals surface area contributed by atoms with Crippen molar-refractivity contribution in [3.05, 3.63) is 40.9 Å². The molecule has 0 saturated carbocycles. The second-order valence-corrected chi connectivity index (χ2v) is 5.83. The highest BCUT2D eigenvalue weighted by Crippen LogP contribution is 2.47. The van der Waals surface area contributed by atoms with Crippen molar-refractivity contribution in [3.8, 4) is 34.4 Å². The average molecular weight is 388 g/mol. The molecule has 2 heterocycles. The van der Waals surface area contributed by atoms with E-state index in [1.54, 1.807) is 25.6 Å². The summed E-state index contributed by atoms with van der Waals surface area (Å²) in [7, 11) is 4.61. The predicted molar refractivity (Wildman–Crippen MR) is 102 cm³/mol.